The Hall–Kier alpha value is -1.71. The summed E-state index contributed by atoms with van der Waals surface area (Å²) in [6.07, 6.45) is 1.15. The molecule has 0 unspecified atom stereocenters. The average molecular weight is 516 g/mol. The van der Waals surface area contributed by atoms with Crippen LogP contribution in [0.1, 0.15) is 94.9 Å². The van der Waals surface area contributed by atoms with Crippen molar-refractivity contribution in [2.24, 2.45) is 5.41 Å². The van der Waals surface area contributed by atoms with E-state index in [2.05, 4.69) is 16.0 Å². The van der Waals surface area contributed by atoms with Gasteiger partial charge in [0.2, 0.25) is 0 Å². The van der Waals surface area contributed by atoms with Gasteiger partial charge < -0.3 is 30.2 Å². The first-order valence-corrected chi connectivity index (χ1v) is 13.1. The van der Waals surface area contributed by atoms with Gasteiger partial charge in [-0.15, -0.1) is 0 Å². The largest absolute Gasteiger partial charge is 0.465 e. The van der Waals surface area contributed by atoms with Crippen molar-refractivity contribution in [3.63, 3.8) is 0 Å². The normalized spacial score (nSPS) is 12.8. The number of ether oxygens (including phenoxy) is 3. The first-order valence-electron chi connectivity index (χ1n) is 13.1. The lowest BCUT2D eigenvalue weighted by molar-refractivity contribution is -0.162. The Balaban J connectivity index is 5.01. The minimum atomic E-state index is -0.812. The molecule has 0 bridgehead atoms. The van der Waals surface area contributed by atoms with Crippen LogP contribution in [0.3, 0.4) is 0 Å². The summed E-state index contributed by atoms with van der Waals surface area (Å²) in [5.74, 6) is -1.07. The summed E-state index contributed by atoms with van der Waals surface area (Å²) in [6, 6.07) is 0. The van der Waals surface area contributed by atoms with Crippen LogP contribution in [0.5, 0.6) is 0 Å². The maximum atomic E-state index is 12.3. The second-order valence-corrected chi connectivity index (χ2v) is 12.6. The summed E-state index contributed by atoms with van der Waals surface area (Å²) in [5.41, 5.74) is -1.11. The molecule has 0 fully saturated rings. The van der Waals surface area contributed by atoms with E-state index < -0.39 is 5.41 Å². The maximum Gasteiger partial charge on any atom is 0.307 e. The minimum Gasteiger partial charge on any atom is -0.465 e. The first kappa shape index (κ1) is 34.3. The van der Waals surface area contributed by atoms with Crippen LogP contribution < -0.4 is 16.0 Å². The lowest BCUT2D eigenvalue weighted by Crippen LogP contribution is -2.41. The van der Waals surface area contributed by atoms with Gasteiger partial charge in [0.25, 0.3) is 0 Å². The molecular formula is C27H53N3O6. The number of hydrogen-bond acceptors (Lipinski definition) is 9. The van der Waals surface area contributed by atoms with E-state index in [0.29, 0.717) is 26.1 Å². The molecule has 0 atom stereocenters. The summed E-state index contributed by atoms with van der Waals surface area (Å²) in [6.45, 7) is 21.6. The topological polar surface area (TPSA) is 115 Å². The Morgan fingerprint density at radius 3 is 0.972 bits per heavy atom. The Morgan fingerprint density at radius 2 is 0.778 bits per heavy atom. The van der Waals surface area contributed by atoms with Crippen molar-refractivity contribution in [1.29, 1.82) is 0 Å². The van der Waals surface area contributed by atoms with Crippen molar-refractivity contribution < 1.29 is 28.6 Å². The van der Waals surface area contributed by atoms with E-state index in [1.165, 1.54) is 0 Å². The monoisotopic (exact) mass is 515 g/mol. The molecule has 0 aromatic carbocycles. The van der Waals surface area contributed by atoms with Crippen LogP contribution >= 0.6 is 0 Å². The summed E-state index contributed by atoms with van der Waals surface area (Å²) in [7, 11) is 0. The molecule has 0 saturated carbocycles. The SMILES string of the molecule is CCC(COC(=O)CCNC(C)(C)C)(COC(=O)CCNC(C)(C)C)COC(=O)CCNC(C)(C)C. The van der Waals surface area contributed by atoms with Crippen LogP contribution in [0, 0.1) is 5.41 Å². The predicted molar refractivity (Wildman–Crippen MR) is 143 cm³/mol. The van der Waals surface area contributed by atoms with Crippen LogP contribution in [0.15, 0.2) is 0 Å². The molecule has 0 amide bonds. The van der Waals surface area contributed by atoms with Crippen molar-refractivity contribution in [3.05, 3.63) is 0 Å². The van der Waals surface area contributed by atoms with Gasteiger partial charge >= 0.3 is 17.9 Å². The molecule has 0 saturated heterocycles. The Kier molecular flexibility index (Phi) is 14.8. The number of carbonyl (C=O) groups excluding carboxylic acids is 3. The number of esters is 3. The van der Waals surface area contributed by atoms with Gasteiger partial charge in [0.15, 0.2) is 0 Å². The second kappa shape index (κ2) is 15.5. The zero-order valence-electron chi connectivity index (χ0n) is 24.5. The van der Waals surface area contributed by atoms with Crippen molar-refractivity contribution in [2.45, 2.75) is 112 Å². The molecule has 212 valence electrons. The molecule has 0 aromatic heterocycles. The molecule has 0 aliphatic heterocycles. The number of carbonyl (C=O) groups is 3. The van der Waals surface area contributed by atoms with E-state index >= 15 is 0 Å². The third-order valence-corrected chi connectivity index (χ3v) is 5.32. The number of hydrogen-bond donors (Lipinski definition) is 3. The van der Waals surface area contributed by atoms with E-state index in [9.17, 15) is 14.4 Å². The Labute approximate surface area is 219 Å². The Morgan fingerprint density at radius 1 is 0.528 bits per heavy atom. The second-order valence-electron chi connectivity index (χ2n) is 12.6. The molecule has 0 aliphatic carbocycles. The van der Waals surface area contributed by atoms with Crippen molar-refractivity contribution >= 4 is 17.9 Å². The fourth-order valence-corrected chi connectivity index (χ4v) is 2.97. The fourth-order valence-electron chi connectivity index (χ4n) is 2.97. The van der Waals surface area contributed by atoms with Crippen LogP contribution in [-0.2, 0) is 28.6 Å². The van der Waals surface area contributed by atoms with E-state index in [0.717, 1.165) is 0 Å². The molecule has 36 heavy (non-hydrogen) atoms. The molecule has 0 aliphatic rings. The molecule has 9 nitrogen and oxygen atoms in total. The summed E-state index contributed by atoms with van der Waals surface area (Å²) >= 11 is 0. The first-order chi connectivity index (χ1) is 16.4. The van der Waals surface area contributed by atoms with Gasteiger partial charge in [0.05, 0.1) is 24.7 Å². The maximum absolute atomic E-state index is 12.3. The highest BCUT2D eigenvalue weighted by atomic mass is 16.6. The number of rotatable bonds is 16. The molecule has 0 rings (SSSR count). The van der Waals surface area contributed by atoms with Gasteiger partial charge in [-0.2, -0.15) is 0 Å². The van der Waals surface area contributed by atoms with Gasteiger partial charge in [-0.3, -0.25) is 14.4 Å². The predicted octanol–water partition coefficient (Wildman–Crippen LogP) is 3.35. The fraction of sp³-hybridized carbons (Fsp3) is 0.889. The van der Waals surface area contributed by atoms with Crippen molar-refractivity contribution in [1.82, 2.24) is 16.0 Å². The van der Waals surface area contributed by atoms with Crippen LogP contribution in [0.25, 0.3) is 0 Å². The highest BCUT2D eigenvalue weighted by Crippen LogP contribution is 2.25. The van der Waals surface area contributed by atoms with Gasteiger partial charge in [-0.25, -0.2) is 0 Å². The average Bonchev–Trinajstić information content (AvgIpc) is 2.71. The molecule has 3 N–H and O–H groups in total. The van der Waals surface area contributed by atoms with Crippen LogP contribution in [0.2, 0.25) is 0 Å². The zero-order chi connectivity index (χ0) is 28.0. The molecule has 0 aromatic rings. The Bertz CT molecular complexity index is 586. The van der Waals surface area contributed by atoms with E-state index in [1.54, 1.807) is 0 Å². The van der Waals surface area contributed by atoms with Crippen LogP contribution in [-0.4, -0.2) is 74.0 Å². The third kappa shape index (κ3) is 19.5. The smallest absolute Gasteiger partial charge is 0.307 e. The standard InChI is InChI=1S/C27H53N3O6/c1-11-27(18-34-21(31)12-15-28-24(2,3)4,19-35-22(32)13-16-29-25(5,6)7)20-36-23(33)14-17-30-26(8,9)10/h28-30H,11-20H2,1-10H3. The summed E-state index contributed by atoms with van der Waals surface area (Å²) in [5, 5.41) is 9.76. The van der Waals surface area contributed by atoms with Crippen LogP contribution in [0.4, 0.5) is 0 Å². The van der Waals surface area contributed by atoms with Gasteiger partial charge in [0, 0.05) is 36.3 Å². The van der Waals surface area contributed by atoms with Crippen molar-refractivity contribution in [3.8, 4) is 0 Å². The minimum absolute atomic E-state index is 0.00110. The van der Waals surface area contributed by atoms with Gasteiger partial charge in [0.1, 0.15) is 19.8 Å². The lowest BCUT2D eigenvalue weighted by atomic mass is 9.88. The van der Waals surface area contributed by atoms with Crippen molar-refractivity contribution in [2.75, 3.05) is 39.5 Å². The molecule has 0 spiro atoms. The summed E-state index contributed by atoms with van der Waals surface area (Å²) in [4.78, 5) is 37.0. The lowest BCUT2D eigenvalue weighted by Gasteiger charge is -2.31. The van der Waals surface area contributed by atoms with Gasteiger partial charge in [-0.05, 0) is 68.7 Å². The van der Waals surface area contributed by atoms with E-state index in [1.807, 2.05) is 69.2 Å². The van der Waals surface area contributed by atoms with E-state index in [4.69, 9.17) is 14.2 Å². The highest BCUT2D eigenvalue weighted by Gasteiger charge is 2.34. The van der Waals surface area contributed by atoms with Gasteiger partial charge in [-0.1, -0.05) is 6.92 Å². The molecule has 0 radical (unpaired) electrons. The molecular weight excluding hydrogens is 462 g/mol. The molecule has 0 heterocycles. The highest BCUT2D eigenvalue weighted by molar-refractivity contribution is 5.70. The zero-order valence-corrected chi connectivity index (χ0v) is 24.5. The molecule has 9 heteroatoms. The number of nitrogens with one attached hydrogen (secondary N) is 3. The summed E-state index contributed by atoms with van der Waals surface area (Å²) < 4.78 is 16.6. The van der Waals surface area contributed by atoms with E-state index in [-0.39, 0.29) is 73.6 Å². The third-order valence-electron chi connectivity index (χ3n) is 5.32. The quantitative estimate of drug-likeness (QED) is 0.210.